The van der Waals surface area contributed by atoms with E-state index in [0.29, 0.717) is 0 Å². The molecule has 0 radical (unpaired) electrons. The van der Waals surface area contributed by atoms with E-state index in [1.165, 1.54) is 10.9 Å². The van der Waals surface area contributed by atoms with E-state index in [1.807, 2.05) is 0 Å². The van der Waals surface area contributed by atoms with Crippen molar-refractivity contribution in [1.82, 2.24) is 19.5 Å². The van der Waals surface area contributed by atoms with Gasteiger partial charge in [0.15, 0.2) is 17.4 Å². The lowest BCUT2D eigenvalue weighted by Gasteiger charge is -2.16. The van der Waals surface area contributed by atoms with E-state index in [2.05, 4.69) is 15.0 Å². The maximum atomic E-state index is 11.7. The summed E-state index contributed by atoms with van der Waals surface area (Å²) in [6, 6.07) is 0. The number of fused-ring (bicyclic) bond motifs is 1. The molecule has 0 amide bonds. The molecule has 10 nitrogen and oxygen atoms in total. The molecule has 1 aliphatic rings. The van der Waals surface area contributed by atoms with Crippen LogP contribution >= 0.6 is 22.6 Å². The summed E-state index contributed by atoms with van der Waals surface area (Å²) in [5.41, 5.74) is 5.13. The van der Waals surface area contributed by atoms with Crippen LogP contribution < -0.4 is 11.3 Å². The number of alkyl halides is 1. The molecule has 6 N–H and O–H groups in total. The normalized spacial score (nSPS) is 30.9. The largest absolute Gasteiger partial charge is 0.387 e. The summed E-state index contributed by atoms with van der Waals surface area (Å²) in [4.78, 5) is 21.9. The molecule has 1 saturated heterocycles. The van der Waals surface area contributed by atoms with Crippen LogP contribution in [0.25, 0.3) is 11.2 Å². The first-order valence-electron chi connectivity index (χ1n) is 5.96. The topological polar surface area (TPSA) is 160 Å². The highest BCUT2D eigenvalue weighted by molar-refractivity contribution is 14.1. The molecule has 1 aliphatic heterocycles. The number of hydrogen-bond acceptors (Lipinski definition) is 8. The maximum absolute atomic E-state index is 11.7. The predicted octanol–water partition coefficient (Wildman–Crippen LogP) is -1.93. The molecule has 0 spiro atoms. The fourth-order valence-electron chi connectivity index (χ4n) is 2.27. The van der Waals surface area contributed by atoms with Gasteiger partial charge in [0.05, 0.1) is 6.33 Å². The third-order valence-corrected chi connectivity index (χ3v) is 3.98. The van der Waals surface area contributed by atoms with E-state index in [4.69, 9.17) is 10.5 Å². The Labute approximate surface area is 130 Å². The highest BCUT2D eigenvalue weighted by Gasteiger charge is 2.46. The van der Waals surface area contributed by atoms with Gasteiger partial charge in [-0.15, -0.1) is 0 Å². The zero-order valence-electron chi connectivity index (χ0n) is 10.4. The Hall–Kier alpha value is -1.28. The Morgan fingerprint density at radius 1 is 1.48 bits per heavy atom. The van der Waals surface area contributed by atoms with E-state index >= 15 is 0 Å². The number of nitrogen functional groups attached to an aromatic ring is 1. The average Bonchev–Trinajstić information content (AvgIpc) is 2.93. The monoisotopic (exact) mass is 409 g/mol. The van der Waals surface area contributed by atoms with E-state index < -0.39 is 34.2 Å². The molecular weight excluding hydrogens is 397 g/mol. The molecule has 21 heavy (non-hydrogen) atoms. The number of aromatic amines is 1. The zero-order chi connectivity index (χ0) is 15.3. The molecule has 1 fully saturated rings. The average molecular weight is 409 g/mol. The number of nitrogens with zero attached hydrogens (tertiary/aromatic N) is 3. The van der Waals surface area contributed by atoms with Crippen molar-refractivity contribution in [3.63, 3.8) is 0 Å². The minimum absolute atomic E-state index is 0.0351. The quantitative estimate of drug-likeness (QED) is 0.283. The molecule has 11 heteroatoms. The van der Waals surface area contributed by atoms with Gasteiger partial charge in [0, 0.05) is 0 Å². The number of hydrogen-bond donors (Lipinski definition) is 5. The van der Waals surface area contributed by atoms with Crippen molar-refractivity contribution in [3.8, 4) is 0 Å². The first-order valence-corrected chi connectivity index (χ1v) is 7.21. The first-order chi connectivity index (χ1) is 9.90. The standard InChI is InChI=1S/C10H12IN5O5/c11-6(19)5-3(17)4(18)9(21-5)16-1-13-2-7(16)14-10(12)15-8(2)20/h1,3-6,9,17-19H,(H3,12,14,15,20)/t3-,4+,5-,6?,9+/m0/s1. The number of anilines is 1. The number of nitrogens with two attached hydrogens (primary N) is 1. The second-order valence-electron chi connectivity index (χ2n) is 4.62. The molecule has 3 rings (SSSR count). The second kappa shape index (κ2) is 5.17. The van der Waals surface area contributed by atoms with Crippen LogP contribution in [-0.2, 0) is 4.74 Å². The third kappa shape index (κ3) is 2.30. The number of halogens is 1. The van der Waals surface area contributed by atoms with Crippen molar-refractivity contribution in [2.24, 2.45) is 0 Å². The van der Waals surface area contributed by atoms with Crippen LogP contribution in [0.5, 0.6) is 0 Å². The van der Waals surface area contributed by atoms with Gasteiger partial charge < -0.3 is 25.8 Å². The van der Waals surface area contributed by atoms with Crippen LogP contribution in [0.15, 0.2) is 11.1 Å². The van der Waals surface area contributed by atoms with E-state index in [0.717, 1.165) is 0 Å². The van der Waals surface area contributed by atoms with Crippen molar-refractivity contribution in [2.75, 3.05) is 5.73 Å². The Balaban J connectivity index is 2.07. The molecule has 1 unspecified atom stereocenters. The number of rotatable bonds is 2. The summed E-state index contributed by atoms with van der Waals surface area (Å²) in [5.74, 6) is -0.104. The van der Waals surface area contributed by atoms with Crippen molar-refractivity contribution in [3.05, 3.63) is 16.7 Å². The van der Waals surface area contributed by atoms with E-state index in [9.17, 15) is 20.1 Å². The van der Waals surface area contributed by atoms with Gasteiger partial charge in [-0.1, -0.05) is 0 Å². The number of nitrogens with one attached hydrogen (secondary N) is 1. The number of H-pyrrole nitrogens is 1. The van der Waals surface area contributed by atoms with Crippen LogP contribution in [0.2, 0.25) is 0 Å². The Morgan fingerprint density at radius 2 is 2.19 bits per heavy atom. The summed E-state index contributed by atoms with van der Waals surface area (Å²) in [5, 5.41) is 29.5. The van der Waals surface area contributed by atoms with E-state index in [1.54, 1.807) is 22.6 Å². The van der Waals surface area contributed by atoms with Crippen LogP contribution in [0, 0.1) is 0 Å². The Kier molecular flexibility index (Phi) is 3.61. The summed E-state index contributed by atoms with van der Waals surface area (Å²) in [6.45, 7) is 0. The minimum atomic E-state index is -1.31. The molecule has 2 aromatic rings. The van der Waals surface area contributed by atoms with E-state index in [-0.39, 0.29) is 17.1 Å². The van der Waals surface area contributed by atoms with Crippen molar-refractivity contribution in [1.29, 1.82) is 0 Å². The van der Waals surface area contributed by atoms with Crippen LogP contribution in [0.4, 0.5) is 5.95 Å². The maximum Gasteiger partial charge on any atom is 0.280 e. The summed E-state index contributed by atoms with van der Waals surface area (Å²) in [7, 11) is 0. The van der Waals surface area contributed by atoms with Crippen LogP contribution in [0.1, 0.15) is 6.23 Å². The number of aliphatic hydroxyl groups is 3. The molecule has 3 heterocycles. The summed E-state index contributed by atoms with van der Waals surface area (Å²) in [6.07, 6.45) is -3.33. The van der Waals surface area contributed by atoms with Gasteiger partial charge in [-0.25, -0.2) is 4.98 Å². The lowest BCUT2D eigenvalue weighted by atomic mass is 10.1. The number of aliphatic hydroxyl groups excluding tert-OH is 3. The molecule has 2 aromatic heterocycles. The molecule has 0 aliphatic carbocycles. The third-order valence-electron chi connectivity index (χ3n) is 3.27. The lowest BCUT2D eigenvalue weighted by Crippen LogP contribution is -2.35. The molecular formula is C10H12IN5O5. The van der Waals surface area contributed by atoms with Crippen molar-refractivity contribution in [2.45, 2.75) is 28.7 Å². The highest BCUT2D eigenvalue weighted by atomic mass is 127. The lowest BCUT2D eigenvalue weighted by molar-refractivity contribution is -0.0556. The molecule has 0 bridgehead atoms. The molecule has 0 saturated carbocycles. The number of imidazole rings is 1. The van der Waals surface area contributed by atoms with Gasteiger partial charge in [0.1, 0.15) is 22.4 Å². The summed E-state index contributed by atoms with van der Waals surface area (Å²) < 4.78 is 5.75. The predicted molar refractivity (Wildman–Crippen MR) is 78.5 cm³/mol. The van der Waals surface area contributed by atoms with Gasteiger partial charge in [0.2, 0.25) is 5.95 Å². The second-order valence-corrected chi connectivity index (χ2v) is 5.90. The number of aromatic nitrogens is 4. The smallest absolute Gasteiger partial charge is 0.280 e. The fraction of sp³-hybridized carbons (Fsp3) is 0.500. The first kappa shape index (κ1) is 14.6. The van der Waals surface area contributed by atoms with Gasteiger partial charge in [-0.2, -0.15) is 4.98 Å². The zero-order valence-corrected chi connectivity index (χ0v) is 12.6. The van der Waals surface area contributed by atoms with Gasteiger partial charge in [-0.3, -0.25) is 14.3 Å². The summed E-state index contributed by atoms with van der Waals surface area (Å²) >= 11 is 1.67. The SMILES string of the molecule is Nc1nc2c(ncn2[C@@H]2O[C@H](C(O)I)[C@@H](O)[C@H]2O)c(=O)[nH]1. The van der Waals surface area contributed by atoms with Crippen LogP contribution in [-0.4, -0.2) is 57.3 Å². The minimum Gasteiger partial charge on any atom is -0.387 e. The fourth-order valence-corrected chi connectivity index (χ4v) is 2.87. The highest BCUT2D eigenvalue weighted by Crippen LogP contribution is 2.33. The molecule has 5 atom stereocenters. The molecule has 114 valence electrons. The van der Waals surface area contributed by atoms with Gasteiger partial charge >= 0.3 is 0 Å². The Bertz CT molecular complexity index is 730. The van der Waals surface area contributed by atoms with Crippen LogP contribution in [0.3, 0.4) is 0 Å². The van der Waals surface area contributed by atoms with Crippen molar-refractivity contribution >= 4 is 39.7 Å². The van der Waals surface area contributed by atoms with Gasteiger partial charge in [0.25, 0.3) is 5.56 Å². The molecule has 0 aromatic carbocycles. The van der Waals surface area contributed by atoms with Crippen molar-refractivity contribution < 1.29 is 20.1 Å². The van der Waals surface area contributed by atoms with Gasteiger partial charge in [-0.05, 0) is 22.6 Å². The number of ether oxygens (including phenoxy) is 1. The Morgan fingerprint density at radius 3 is 2.81 bits per heavy atom.